The zero-order valence-electron chi connectivity index (χ0n) is 22.9. The van der Waals surface area contributed by atoms with Crippen molar-refractivity contribution in [3.63, 3.8) is 0 Å². The molecule has 1 fully saturated rings. The summed E-state index contributed by atoms with van der Waals surface area (Å²) in [5.74, 6) is -1.95. The molecule has 1 heterocycles. The third-order valence-electron chi connectivity index (χ3n) is 6.06. The predicted molar refractivity (Wildman–Crippen MR) is 138 cm³/mol. The minimum Gasteiger partial charge on any atom is -0.467 e. The van der Waals surface area contributed by atoms with E-state index in [1.54, 1.807) is 33.1 Å². The molecule has 208 valence electrons. The van der Waals surface area contributed by atoms with Crippen molar-refractivity contribution >= 4 is 12.0 Å². The lowest BCUT2D eigenvalue weighted by molar-refractivity contribution is -0.152. The summed E-state index contributed by atoms with van der Waals surface area (Å²) in [4.78, 5) is 12.8. The molecule has 1 aliphatic heterocycles. The Labute approximate surface area is 219 Å². The number of halogens is 1. The Hall–Kier alpha value is -2.30. The van der Waals surface area contributed by atoms with E-state index < -0.39 is 35.9 Å². The molecule has 0 saturated carbocycles. The van der Waals surface area contributed by atoms with Crippen LogP contribution in [0.25, 0.3) is 6.08 Å². The van der Waals surface area contributed by atoms with E-state index in [1.165, 1.54) is 25.3 Å². The van der Waals surface area contributed by atoms with Crippen molar-refractivity contribution < 1.29 is 42.7 Å². The highest BCUT2D eigenvalue weighted by molar-refractivity contribution is 5.96. The summed E-state index contributed by atoms with van der Waals surface area (Å²) in [6, 6.07) is 2.59. The van der Waals surface area contributed by atoms with Gasteiger partial charge in [0, 0.05) is 25.7 Å². The zero-order valence-corrected chi connectivity index (χ0v) is 22.9. The van der Waals surface area contributed by atoms with E-state index in [1.807, 2.05) is 26.8 Å². The van der Waals surface area contributed by atoms with E-state index in [2.05, 4.69) is 0 Å². The molecule has 8 nitrogen and oxygen atoms in total. The van der Waals surface area contributed by atoms with Crippen molar-refractivity contribution in [3.05, 3.63) is 47.3 Å². The number of carbonyl (C=O) groups is 1. The van der Waals surface area contributed by atoms with Crippen molar-refractivity contribution in [1.82, 2.24) is 0 Å². The van der Waals surface area contributed by atoms with E-state index in [-0.39, 0.29) is 42.3 Å². The van der Waals surface area contributed by atoms with E-state index >= 15 is 0 Å². The molecule has 1 unspecified atom stereocenters. The third kappa shape index (κ3) is 8.90. The van der Waals surface area contributed by atoms with Gasteiger partial charge in [-0.2, -0.15) is 0 Å². The fraction of sp³-hybridized carbons (Fsp3) is 0.607. The van der Waals surface area contributed by atoms with Gasteiger partial charge in [-0.25, -0.2) is 9.18 Å². The topological polar surface area (TPSA) is 92.7 Å². The van der Waals surface area contributed by atoms with Crippen LogP contribution in [0.15, 0.2) is 30.4 Å². The van der Waals surface area contributed by atoms with Crippen molar-refractivity contribution in [2.45, 2.75) is 77.7 Å². The molecule has 1 aromatic carbocycles. The molecule has 2 rings (SSSR count). The van der Waals surface area contributed by atoms with Crippen molar-refractivity contribution in [2.75, 3.05) is 27.6 Å². The molecular formula is C28H41FO8. The lowest BCUT2D eigenvalue weighted by atomic mass is 10.00. The van der Waals surface area contributed by atoms with Gasteiger partial charge in [0.25, 0.3) is 0 Å². The van der Waals surface area contributed by atoms with Gasteiger partial charge in [0.2, 0.25) is 0 Å². The minimum atomic E-state index is -0.922. The Balaban J connectivity index is 2.26. The average Bonchev–Trinajstić information content (AvgIpc) is 3.19. The first-order valence-electron chi connectivity index (χ1n) is 12.6. The lowest BCUT2D eigenvalue weighted by Crippen LogP contribution is -2.34. The Morgan fingerprint density at radius 2 is 1.95 bits per heavy atom. The number of rotatable bonds is 14. The van der Waals surface area contributed by atoms with Crippen LogP contribution in [-0.4, -0.2) is 68.9 Å². The van der Waals surface area contributed by atoms with E-state index in [0.29, 0.717) is 12.8 Å². The van der Waals surface area contributed by atoms with Crippen LogP contribution in [0.3, 0.4) is 0 Å². The molecule has 0 bridgehead atoms. The van der Waals surface area contributed by atoms with Crippen molar-refractivity contribution in [2.24, 2.45) is 5.92 Å². The highest BCUT2D eigenvalue weighted by Crippen LogP contribution is 2.33. The average molecular weight is 525 g/mol. The van der Waals surface area contributed by atoms with Gasteiger partial charge in [0.05, 0.1) is 18.8 Å². The summed E-state index contributed by atoms with van der Waals surface area (Å²) in [6.07, 6.45) is 5.59. The molecule has 5 atom stereocenters. The quantitative estimate of drug-likeness (QED) is 0.209. The Morgan fingerprint density at radius 3 is 2.59 bits per heavy atom. The molecule has 0 aliphatic carbocycles. The maximum absolute atomic E-state index is 14.9. The normalized spacial score (nSPS) is 21.9. The standard InChI is InChI=1S/C28H41FO8/c1-8-16-34-27(31)25-20(21(29)13-15-23(25)35-17-32-6)10-9-11-24-26(37-28(4,5)36-24)22(30)14-12-18(2)19(3)33-7/h9-10,12-15,18-19,22,24,26,30H,8,11,16-17H2,1-7H3/b10-9+,14-12-/t18-,19+,22?,24+,26-/m1/s1. The second kappa shape index (κ2) is 14.6. The van der Waals surface area contributed by atoms with Gasteiger partial charge in [0.1, 0.15) is 29.3 Å². The number of benzene rings is 1. The number of ether oxygens (including phenoxy) is 6. The summed E-state index contributed by atoms with van der Waals surface area (Å²) in [5, 5.41) is 10.8. The lowest BCUT2D eigenvalue weighted by Gasteiger charge is -2.21. The molecule has 37 heavy (non-hydrogen) atoms. The van der Waals surface area contributed by atoms with Crippen molar-refractivity contribution in [1.29, 1.82) is 0 Å². The molecule has 0 radical (unpaired) electrons. The van der Waals surface area contributed by atoms with Gasteiger partial charge in [-0.1, -0.05) is 38.2 Å². The Kier molecular flexibility index (Phi) is 12.2. The summed E-state index contributed by atoms with van der Waals surface area (Å²) >= 11 is 0. The van der Waals surface area contributed by atoms with E-state index in [9.17, 15) is 14.3 Å². The number of aliphatic hydroxyl groups excluding tert-OH is 1. The van der Waals surface area contributed by atoms with Crippen LogP contribution in [-0.2, 0) is 23.7 Å². The summed E-state index contributed by atoms with van der Waals surface area (Å²) < 4.78 is 47.9. The summed E-state index contributed by atoms with van der Waals surface area (Å²) in [6.45, 7) is 9.44. The van der Waals surface area contributed by atoms with E-state index in [4.69, 9.17) is 28.4 Å². The van der Waals surface area contributed by atoms with E-state index in [0.717, 1.165) is 0 Å². The minimum absolute atomic E-state index is 0.00360. The first kappa shape index (κ1) is 30.9. The number of methoxy groups -OCH3 is 2. The monoisotopic (exact) mass is 524 g/mol. The highest BCUT2D eigenvalue weighted by Gasteiger charge is 2.43. The van der Waals surface area contributed by atoms with Crippen LogP contribution in [0.2, 0.25) is 0 Å². The Bertz CT molecular complexity index is 929. The van der Waals surface area contributed by atoms with Crippen LogP contribution in [0, 0.1) is 11.7 Å². The van der Waals surface area contributed by atoms with Gasteiger partial charge >= 0.3 is 5.97 Å². The summed E-state index contributed by atoms with van der Waals surface area (Å²) in [5.41, 5.74) is 0.0127. The highest BCUT2D eigenvalue weighted by atomic mass is 19.1. The number of hydrogen-bond donors (Lipinski definition) is 1. The number of carbonyl (C=O) groups excluding carboxylic acids is 1. The van der Waals surface area contributed by atoms with Gasteiger partial charge in [0.15, 0.2) is 12.6 Å². The first-order valence-corrected chi connectivity index (χ1v) is 12.6. The van der Waals surface area contributed by atoms with Gasteiger partial charge < -0.3 is 33.5 Å². The molecule has 1 saturated heterocycles. The molecule has 1 aromatic rings. The van der Waals surface area contributed by atoms with Gasteiger partial charge in [-0.3, -0.25) is 0 Å². The number of esters is 1. The second-order valence-electron chi connectivity index (χ2n) is 9.47. The van der Waals surface area contributed by atoms with Gasteiger partial charge in [-0.05, 0) is 45.7 Å². The maximum atomic E-state index is 14.9. The first-order chi connectivity index (χ1) is 17.5. The molecule has 0 spiro atoms. The predicted octanol–water partition coefficient (Wildman–Crippen LogP) is 4.89. The molecule has 1 N–H and O–H groups in total. The van der Waals surface area contributed by atoms with Crippen LogP contribution < -0.4 is 4.74 Å². The van der Waals surface area contributed by atoms with Crippen LogP contribution in [0.1, 0.15) is 63.4 Å². The molecule has 9 heteroatoms. The van der Waals surface area contributed by atoms with Gasteiger partial charge in [-0.15, -0.1) is 0 Å². The van der Waals surface area contributed by atoms with Crippen LogP contribution in [0.4, 0.5) is 4.39 Å². The smallest absolute Gasteiger partial charge is 0.342 e. The van der Waals surface area contributed by atoms with Crippen molar-refractivity contribution in [3.8, 4) is 5.75 Å². The molecule has 1 aliphatic rings. The number of hydrogen-bond acceptors (Lipinski definition) is 8. The fourth-order valence-corrected chi connectivity index (χ4v) is 3.88. The van der Waals surface area contributed by atoms with Crippen LogP contribution in [0.5, 0.6) is 5.75 Å². The van der Waals surface area contributed by atoms with Crippen LogP contribution >= 0.6 is 0 Å². The fourth-order valence-electron chi connectivity index (χ4n) is 3.88. The number of aliphatic hydroxyl groups is 1. The molecule has 0 amide bonds. The zero-order chi connectivity index (χ0) is 27.6. The maximum Gasteiger partial charge on any atom is 0.342 e. The molecule has 0 aromatic heterocycles. The molecular weight excluding hydrogens is 483 g/mol. The summed E-state index contributed by atoms with van der Waals surface area (Å²) in [7, 11) is 3.09. The third-order valence-corrected chi connectivity index (χ3v) is 6.06. The SMILES string of the molecule is CCCOC(=O)c1c(OCOC)ccc(F)c1/C=C/C[C@@H]1OC(C)(C)O[C@@H]1C(O)/C=C\[C@@H](C)[C@H](C)OC. The second-order valence-corrected chi connectivity index (χ2v) is 9.47. The largest absolute Gasteiger partial charge is 0.467 e. The Morgan fingerprint density at radius 1 is 1.22 bits per heavy atom.